The van der Waals surface area contributed by atoms with Crippen LogP contribution in [0.3, 0.4) is 0 Å². The van der Waals surface area contributed by atoms with Crippen LogP contribution in [-0.2, 0) is 50.7 Å². The molecular weight excluding hydrogens is 919 g/mol. The molecule has 63 heavy (non-hydrogen) atoms. The molecule has 8 unspecified atom stereocenters. The quantitative estimate of drug-likeness (QED) is 0.0328. The number of allylic oxidation sites excluding steroid dienone is 4. The lowest BCUT2D eigenvalue weighted by atomic mass is 9.87. The third-order valence-electron chi connectivity index (χ3n) is 8.89. The molecule has 2 aromatic heterocycles. The van der Waals surface area contributed by atoms with Gasteiger partial charge in [0.05, 0.1) is 25.6 Å². The molecule has 1 saturated heterocycles. The molecule has 2 aromatic rings. The summed E-state index contributed by atoms with van der Waals surface area (Å²) in [6, 6.07) is 0. The Kier molecular flexibility index (Phi) is 21.6. The number of hydrogen-bond acceptors (Lipinski definition) is 19. The Morgan fingerprint density at radius 1 is 1.00 bits per heavy atom. The highest BCUT2D eigenvalue weighted by Gasteiger charge is 2.50. The van der Waals surface area contributed by atoms with E-state index in [1.54, 1.807) is 0 Å². The van der Waals surface area contributed by atoms with Gasteiger partial charge in [-0.25, -0.2) is 28.6 Å². The Labute approximate surface area is 366 Å². The summed E-state index contributed by atoms with van der Waals surface area (Å²) in [4.78, 5) is 88.1. The number of nitrogen functional groups attached to an aromatic ring is 1. The minimum Gasteiger partial charge on any atom is -0.393 e. The molecule has 3 rings (SSSR count). The van der Waals surface area contributed by atoms with E-state index in [1.165, 1.54) is 13.8 Å². The number of fused-ring (bicyclic) bond motifs is 1. The first-order valence-electron chi connectivity index (χ1n) is 19.5. The molecular formula is C34H56N7O18P3S. The average Bonchev–Trinajstić information content (AvgIpc) is 3.75. The summed E-state index contributed by atoms with van der Waals surface area (Å²) in [5.41, 5.74) is 4.24. The summed E-state index contributed by atoms with van der Waals surface area (Å²) >= 11 is 0.966. The second kappa shape index (κ2) is 25.1. The Hall–Kier alpha value is -3.00. The number of phosphoric acid groups is 3. The van der Waals surface area contributed by atoms with Crippen LogP contribution in [0, 0.1) is 5.41 Å². The first-order valence-corrected chi connectivity index (χ1v) is 25.0. The molecule has 3 heterocycles. The lowest BCUT2D eigenvalue weighted by Gasteiger charge is -2.30. The smallest absolute Gasteiger partial charge is 0.393 e. The summed E-state index contributed by atoms with van der Waals surface area (Å²) < 4.78 is 62.3. The monoisotopic (exact) mass is 975 g/mol. The van der Waals surface area contributed by atoms with E-state index >= 15 is 0 Å². The third kappa shape index (κ3) is 18.8. The number of phosphoric ester groups is 3. The van der Waals surface area contributed by atoms with Crippen molar-refractivity contribution in [1.82, 2.24) is 30.2 Å². The first-order chi connectivity index (χ1) is 29.4. The van der Waals surface area contributed by atoms with Gasteiger partial charge in [-0.2, -0.15) is 4.31 Å². The molecule has 2 amide bonds. The number of nitrogens with two attached hydrogens (primary N) is 1. The van der Waals surface area contributed by atoms with E-state index in [-0.39, 0.29) is 53.8 Å². The van der Waals surface area contributed by atoms with Crippen LogP contribution in [0.4, 0.5) is 5.82 Å². The van der Waals surface area contributed by atoms with Gasteiger partial charge in [-0.05, 0) is 25.7 Å². The summed E-state index contributed by atoms with van der Waals surface area (Å²) in [5, 5.41) is 36.3. The number of nitrogens with zero attached hydrogens (tertiary/aromatic N) is 4. The fourth-order valence-electron chi connectivity index (χ4n) is 5.61. The summed E-state index contributed by atoms with van der Waals surface area (Å²) in [6.07, 6.45) is 4.38. The zero-order chi connectivity index (χ0) is 47.0. The molecule has 11 N–H and O–H groups in total. The van der Waals surface area contributed by atoms with Crippen LogP contribution in [0.5, 0.6) is 0 Å². The van der Waals surface area contributed by atoms with Crippen LogP contribution in [0.2, 0.25) is 0 Å². The third-order valence-corrected chi connectivity index (χ3v) is 12.9. The van der Waals surface area contributed by atoms with Gasteiger partial charge in [0.1, 0.15) is 36.3 Å². The van der Waals surface area contributed by atoms with Gasteiger partial charge in [0.25, 0.3) is 0 Å². The second-order valence-electron chi connectivity index (χ2n) is 14.7. The Bertz CT molecular complexity index is 2040. The maximum absolute atomic E-state index is 12.7. The molecule has 0 aliphatic carbocycles. The second-order valence-corrected chi connectivity index (χ2v) is 20.1. The molecule has 8 atom stereocenters. The highest BCUT2D eigenvalue weighted by atomic mass is 32.2. The average molecular weight is 976 g/mol. The molecule has 0 saturated carbocycles. The highest BCUT2D eigenvalue weighted by Crippen LogP contribution is 2.61. The summed E-state index contributed by atoms with van der Waals surface area (Å²) in [7, 11) is -16.4. The minimum atomic E-state index is -5.59. The zero-order valence-corrected chi connectivity index (χ0v) is 38.2. The van der Waals surface area contributed by atoms with Crippen LogP contribution in [0.1, 0.15) is 71.9 Å². The van der Waals surface area contributed by atoms with E-state index in [9.17, 15) is 63.0 Å². The molecule has 0 radical (unpaired) electrons. The minimum absolute atomic E-state index is 0.0231. The van der Waals surface area contributed by atoms with Crippen molar-refractivity contribution in [2.75, 3.05) is 37.8 Å². The van der Waals surface area contributed by atoms with E-state index in [2.05, 4.69) is 53.5 Å². The first kappa shape index (κ1) is 54.3. The SMILES string of the molecule is CCC/C=C/C/C=C/CCC(O)CC(=O)SCCNC(=O)CCNC(=O)C(O)C(C)(C)COP(=O)(O)OP(=O)(O)OCC1OC(n2cnc3c(N)ncnc32)C(O)C1OP(=O)(O)O. The van der Waals surface area contributed by atoms with Crippen molar-refractivity contribution in [2.45, 2.75) is 102 Å². The molecule has 25 nitrogen and oxygen atoms in total. The number of ether oxygens (including phenoxy) is 1. The number of imidazole rings is 1. The Morgan fingerprint density at radius 2 is 1.68 bits per heavy atom. The van der Waals surface area contributed by atoms with Gasteiger partial charge in [-0.15, -0.1) is 0 Å². The molecule has 0 bridgehead atoms. The molecule has 1 aliphatic rings. The van der Waals surface area contributed by atoms with Crippen molar-refractivity contribution in [3.63, 3.8) is 0 Å². The van der Waals surface area contributed by atoms with Crippen molar-refractivity contribution in [3.05, 3.63) is 37.0 Å². The van der Waals surface area contributed by atoms with E-state index < -0.39 is 90.7 Å². The number of aliphatic hydroxyl groups excluding tert-OH is 3. The molecule has 29 heteroatoms. The predicted molar refractivity (Wildman–Crippen MR) is 225 cm³/mol. The summed E-state index contributed by atoms with van der Waals surface area (Å²) in [5.74, 6) is -1.26. The number of aromatic nitrogens is 4. The maximum atomic E-state index is 12.7. The molecule has 356 valence electrons. The fourth-order valence-corrected chi connectivity index (χ4v) is 9.18. The number of thioether (sulfide) groups is 1. The number of carbonyl (C=O) groups excluding carboxylic acids is 3. The lowest BCUT2D eigenvalue weighted by molar-refractivity contribution is -0.137. The van der Waals surface area contributed by atoms with Gasteiger partial charge in [-0.3, -0.25) is 32.5 Å². The van der Waals surface area contributed by atoms with Crippen molar-refractivity contribution >= 4 is 69.1 Å². The van der Waals surface area contributed by atoms with Gasteiger partial charge in [0.15, 0.2) is 22.8 Å². The number of hydrogen-bond donors (Lipinski definition) is 10. The van der Waals surface area contributed by atoms with Gasteiger partial charge in [-0.1, -0.05) is 63.3 Å². The highest BCUT2D eigenvalue weighted by molar-refractivity contribution is 8.13. The standard InChI is InChI=1S/C34H56N7O18P3S/c1-4-5-6-7-8-9-10-11-12-22(42)17-25(44)63-16-15-36-24(43)13-14-37-32(47)29(46)34(2,3)19-56-62(53,54)59-61(51,52)55-18-23-28(58-60(48,49)50)27(45)33(57-23)41-21-40-26-30(35)38-20-39-31(26)41/h6-7,9-10,20-23,27-29,33,42,45-46H,4-5,8,11-19H2,1-3H3,(H,36,43)(H,37,47)(H,51,52)(H,53,54)(H2,35,38,39)(H2,48,49,50)/b7-6+,10-9+. The zero-order valence-electron chi connectivity index (χ0n) is 34.7. The normalized spacial score (nSPS) is 21.4. The van der Waals surface area contributed by atoms with E-state index in [4.69, 9.17) is 19.5 Å². The van der Waals surface area contributed by atoms with Crippen molar-refractivity contribution < 1.29 is 85.6 Å². The number of amides is 2. The van der Waals surface area contributed by atoms with Crippen LogP contribution in [0.25, 0.3) is 11.2 Å². The topological polar surface area (TPSA) is 384 Å². The Balaban J connectivity index is 1.39. The van der Waals surface area contributed by atoms with Crippen molar-refractivity contribution in [2.24, 2.45) is 5.41 Å². The lowest BCUT2D eigenvalue weighted by Crippen LogP contribution is -2.46. The number of anilines is 1. The van der Waals surface area contributed by atoms with E-state index in [0.29, 0.717) is 12.8 Å². The summed E-state index contributed by atoms with van der Waals surface area (Å²) in [6.45, 7) is 2.46. The van der Waals surface area contributed by atoms with Crippen LogP contribution in [0.15, 0.2) is 37.0 Å². The van der Waals surface area contributed by atoms with Crippen LogP contribution in [-0.4, -0.2) is 134 Å². The number of carbonyl (C=O) groups is 3. The molecule has 0 aromatic carbocycles. The predicted octanol–water partition coefficient (Wildman–Crippen LogP) is 1.50. The molecule has 1 aliphatic heterocycles. The van der Waals surface area contributed by atoms with E-state index in [0.717, 1.165) is 48.2 Å². The van der Waals surface area contributed by atoms with Crippen LogP contribution >= 0.6 is 35.2 Å². The number of unbranched alkanes of at least 4 members (excludes halogenated alkanes) is 1. The van der Waals surface area contributed by atoms with Gasteiger partial charge in [0, 0.05) is 37.1 Å². The van der Waals surface area contributed by atoms with Gasteiger partial charge < -0.3 is 56.0 Å². The van der Waals surface area contributed by atoms with Crippen molar-refractivity contribution in [3.8, 4) is 0 Å². The molecule has 1 fully saturated rings. The Morgan fingerprint density at radius 3 is 2.37 bits per heavy atom. The number of rotatable bonds is 28. The number of aliphatic hydroxyl groups is 3. The van der Waals surface area contributed by atoms with E-state index in [1.807, 2.05) is 12.2 Å². The largest absolute Gasteiger partial charge is 0.481 e. The maximum Gasteiger partial charge on any atom is 0.481 e. The van der Waals surface area contributed by atoms with Crippen molar-refractivity contribution in [1.29, 1.82) is 0 Å². The van der Waals surface area contributed by atoms with Gasteiger partial charge >= 0.3 is 23.5 Å². The molecule has 0 spiro atoms. The van der Waals surface area contributed by atoms with Crippen LogP contribution < -0.4 is 16.4 Å². The number of nitrogens with one attached hydrogen (secondary N) is 2. The van der Waals surface area contributed by atoms with Gasteiger partial charge in [0.2, 0.25) is 11.8 Å². The fraction of sp³-hybridized carbons (Fsp3) is 0.647.